The summed E-state index contributed by atoms with van der Waals surface area (Å²) < 4.78 is 46.3. The number of rotatable bonds is 7. The quantitative estimate of drug-likeness (QED) is 0.0873. The first-order valence-corrected chi connectivity index (χ1v) is 26.0. The van der Waals surface area contributed by atoms with E-state index in [2.05, 4.69) is 151 Å². The molecule has 0 saturated heterocycles. The molecule has 0 bridgehead atoms. The summed E-state index contributed by atoms with van der Waals surface area (Å²) in [6, 6.07) is 40.9. The Hall–Kier alpha value is -7.20. The van der Waals surface area contributed by atoms with Gasteiger partial charge in [-0.25, -0.2) is 16.8 Å². The molecule has 0 fully saturated rings. The molecular formula is C59H66N4O6S2. The summed E-state index contributed by atoms with van der Waals surface area (Å²) in [4.78, 5) is 29.3. The van der Waals surface area contributed by atoms with Crippen LogP contribution in [-0.2, 0) is 30.5 Å². The maximum atomic E-state index is 11.8. The molecule has 8 rings (SSSR count). The molecule has 0 N–H and O–H groups in total. The summed E-state index contributed by atoms with van der Waals surface area (Å²) in [6.07, 6.45) is 5.96. The highest BCUT2D eigenvalue weighted by molar-refractivity contribution is 8.00. The number of aryl methyl sites for hydroxylation is 6. The van der Waals surface area contributed by atoms with E-state index >= 15 is 0 Å². The van der Waals surface area contributed by atoms with Crippen molar-refractivity contribution in [2.24, 2.45) is 0 Å². The van der Waals surface area contributed by atoms with E-state index < -0.39 is 31.2 Å². The van der Waals surface area contributed by atoms with Gasteiger partial charge in [-0.3, -0.25) is 9.59 Å². The highest BCUT2D eigenvalue weighted by Gasteiger charge is 2.35. The highest BCUT2D eigenvalue weighted by atomic mass is 32.2. The van der Waals surface area contributed by atoms with Crippen LogP contribution in [0.5, 0.6) is 0 Å². The smallest absolute Gasteiger partial charge is 0.361 e. The Kier molecular flexibility index (Phi) is 17.3. The van der Waals surface area contributed by atoms with E-state index in [1.165, 1.54) is 97.6 Å². The molecule has 6 aromatic carbocycles. The summed E-state index contributed by atoms with van der Waals surface area (Å²) in [5, 5.41) is 0. The fourth-order valence-corrected chi connectivity index (χ4v) is 10.3. The van der Waals surface area contributed by atoms with Gasteiger partial charge in [0.1, 0.15) is 0 Å². The molecule has 71 heavy (non-hydrogen) atoms. The Morgan fingerprint density at radius 1 is 0.465 bits per heavy atom. The van der Waals surface area contributed by atoms with Crippen molar-refractivity contribution in [3.05, 3.63) is 228 Å². The summed E-state index contributed by atoms with van der Waals surface area (Å²) in [6.45, 7) is 20.2. The number of nitrogens with zero attached hydrogens (tertiary/aromatic N) is 4. The number of benzene rings is 6. The highest BCUT2D eigenvalue weighted by Crippen LogP contribution is 2.42. The Morgan fingerprint density at radius 3 is 1.35 bits per heavy atom. The van der Waals surface area contributed by atoms with E-state index in [1.807, 2.05) is 0 Å². The molecule has 2 aliphatic carbocycles. The average Bonchev–Trinajstić information content (AvgIpc) is 3.31. The van der Waals surface area contributed by atoms with Gasteiger partial charge in [0.15, 0.2) is 19.7 Å². The molecular weight excluding hydrogens is 925 g/mol. The second kappa shape index (κ2) is 21.8. The number of fused-ring (bicyclic) bond motifs is 2. The number of allylic oxidation sites excluding steroid dienone is 2. The van der Waals surface area contributed by atoms with Gasteiger partial charge in [0, 0.05) is 53.1 Å². The second-order valence-corrected chi connectivity index (χ2v) is 22.5. The SMILES string of the molecule is C.C.CS(=O)(=O)C1=CC(=[N+]=[N-])C(=O)c2ccccc21.CS(=O)(=O)c1cccc2c1C=CC(=[N+]=[N-])C2=O.Cc1ccc(C(C)(C)c2ccc(C(C)(c3ccc(C)c(C)c3)c3ccc(C)c(C)c3)cc2)cc1C.[HH]. The van der Waals surface area contributed by atoms with Gasteiger partial charge in [-0.1, -0.05) is 144 Å². The third-order valence-corrected chi connectivity index (χ3v) is 15.8. The molecule has 0 spiro atoms. The third-order valence-electron chi connectivity index (χ3n) is 13.5. The molecule has 0 atom stereocenters. The zero-order valence-corrected chi connectivity index (χ0v) is 42.5. The van der Waals surface area contributed by atoms with Crippen LogP contribution in [-0.4, -0.2) is 61.9 Å². The van der Waals surface area contributed by atoms with Gasteiger partial charge in [-0.15, -0.1) is 0 Å². The van der Waals surface area contributed by atoms with Gasteiger partial charge in [0.25, 0.3) is 11.6 Å². The van der Waals surface area contributed by atoms with Crippen molar-refractivity contribution in [2.75, 3.05) is 12.5 Å². The molecule has 0 radical (unpaired) electrons. The molecule has 0 saturated carbocycles. The van der Waals surface area contributed by atoms with Crippen LogP contribution >= 0.6 is 0 Å². The van der Waals surface area contributed by atoms with E-state index in [1.54, 1.807) is 18.2 Å². The van der Waals surface area contributed by atoms with Crippen molar-refractivity contribution in [3.8, 4) is 0 Å². The molecule has 0 aliphatic heterocycles. The first-order chi connectivity index (χ1) is 32.3. The topological polar surface area (TPSA) is 175 Å². The number of carbonyl (C=O) groups excluding carboxylic acids is 2. The first kappa shape index (κ1) is 56.4. The Bertz CT molecular complexity index is 3440. The van der Waals surface area contributed by atoms with Crippen LogP contribution < -0.4 is 0 Å². The summed E-state index contributed by atoms with van der Waals surface area (Å²) in [7, 11) is -6.89. The number of hydrogen-bond donors (Lipinski definition) is 0. The maximum absolute atomic E-state index is 11.8. The molecule has 0 amide bonds. The Labute approximate surface area is 422 Å². The summed E-state index contributed by atoms with van der Waals surface area (Å²) >= 11 is 0. The Balaban J connectivity index is 0.000000311. The van der Waals surface area contributed by atoms with E-state index in [-0.39, 0.29) is 59.5 Å². The van der Waals surface area contributed by atoms with Crippen molar-refractivity contribution < 1.29 is 37.4 Å². The van der Waals surface area contributed by atoms with Crippen molar-refractivity contribution in [1.29, 1.82) is 0 Å². The monoisotopic (exact) mass is 990 g/mol. The maximum Gasteiger partial charge on any atom is 0.364 e. The minimum Gasteiger partial charge on any atom is -0.361 e. The molecule has 6 aromatic rings. The van der Waals surface area contributed by atoms with E-state index in [4.69, 9.17) is 11.1 Å². The van der Waals surface area contributed by atoms with E-state index in [0.717, 1.165) is 18.6 Å². The molecule has 0 heterocycles. The zero-order valence-electron chi connectivity index (χ0n) is 40.8. The largest absolute Gasteiger partial charge is 0.364 e. The lowest BCUT2D eigenvalue weighted by Crippen LogP contribution is -2.26. The van der Waals surface area contributed by atoms with Gasteiger partial charge in [0.05, 0.1) is 15.9 Å². The predicted molar refractivity (Wildman–Crippen MR) is 291 cm³/mol. The standard InChI is InChI=1S/C35H40.2C11H8N2O3S.2CH4.H2/c1-23-10-13-31(20-26(23)4)34(7,8)29-16-18-30(19-17-29)35(9,32-14-11-24(2)27(5)21-32)33-15-12-25(3)28(6)22-33;1-17(15,16)10-4-2-3-8-7(10)5-6-9(13-12)11(8)14;1-17(15,16)10-6-9(13-12)11(14)8-5-3-2-4-7(8)10;;;/h10-22H,1-9H3;2*2-6H,1H3;2*1H4;1H. The van der Waals surface area contributed by atoms with Gasteiger partial charge >= 0.3 is 11.4 Å². The third kappa shape index (κ3) is 11.5. The van der Waals surface area contributed by atoms with Crippen LogP contribution in [0.4, 0.5) is 0 Å². The van der Waals surface area contributed by atoms with E-state index in [9.17, 15) is 26.4 Å². The molecule has 10 nitrogen and oxygen atoms in total. The summed E-state index contributed by atoms with van der Waals surface area (Å²) in [5.74, 6) is -0.981. The first-order valence-electron chi connectivity index (χ1n) is 22.2. The predicted octanol–water partition coefficient (Wildman–Crippen LogP) is 12.6. The molecule has 0 aromatic heterocycles. The number of carbonyl (C=O) groups is 2. The van der Waals surface area contributed by atoms with Gasteiger partial charge in [-0.05, 0) is 122 Å². The van der Waals surface area contributed by atoms with Gasteiger partial charge in [0.2, 0.25) is 0 Å². The number of hydrogen-bond acceptors (Lipinski definition) is 6. The van der Waals surface area contributed by atoms with Crippen LogP contribution in [0.3, 0.4) is 0 Å². The van der Waals surface area contributed by atoms with Crippen LogP contribution in [0.15, 0.2) is 138 Å². The van der Waals surface area contributed by atoms with Crippen molar-refractivity contribution >= 4 is 53.6 Å². The second-order valence-electron chi connectivity index (χ2n) is 18.5. The molecule has 2 aliphatic rings. The van der Waals surface area contributed by atoms with Crippen LogP contribution in [0.2, 0.25) is 0 Å². The van der Waals surface area contributed by atoms with E-state index in [0.29, 0.717) is 11.1 Å². The average molecular weight is 991 g/mol. The molecule has 12 heteroatoms. The van der Waals surface area contributed by atoms with Crippen LogP contribution in [0, 0.1) is 41.5 Å². The molecule has 0 unspecified atom stereocenters. The minimum absolute atomic E-state index is 0. The van der Waals surface area contributed by atoms with Crippen molar-refractivity contribution in [3.63, 3.8) is 0 Å². The van der Waals surface area contributed by atoms with Crippen molar-refractivity contribution in [2.45, 2.75) is 92.9 Å². The normalized spacial score (nSPS) is 13.0. The zero-order chi connectivity index (χ0) is 50.8. The van der Waals surface area contributed by atoms with Crippen molar-refractivity contribution in [1.82, 2.24) is 0 Å². The van der Waals surface area contributed by atoms with Gasteiger partial charge in [-0.2, -0.15) is 9.58 Å². The number of ketones is 2. The van der Waals surface area contributed by atoms with Crippen LogP contribution in [0.25, 0.3) is 22.0 Å². The fourth-order valence-electron chi connectivity index (χ4n) is 8.50. The van der Waals surface area contributed by atoms with Crippen LogP contribution in [0.1, 0.15) is 130 Å². The lowest BCUT2D eigenvalue weighted by atomic mass is 9.69. The Morgan fingerprint density at radius 2 is 0.887 bits per heavy atom. The lowest BCUT2D eigenvalue weighted by molar-refractivity contribution is -0.00459. The number of sulfone groups is 2. The van der Waals surface area contributed by atoms with Gasteiger partial charge < -0.3 is 11.1 Å². The molecule has 370 valence electrons. The lowest BCUT2D eigenvalue weighted by Gasteiger charge is -2.34. The summed E-state index contributed by atoms with van der Waals surface area (Å²) in [5.41, 5.74) is 32.5. The fraction of sp³-hybridized carbons (Fsp3) is 0.254. The number of Topliss-reactive ketones (excluding diaryl/α,β-unsaturated/α-hetero) is 2. The minimum atomic E-state index is -3.49.